The second kappa shape index (κ2) is 5.75. The van der Waals surface area contributed by atoms with Gasteiger partial charge in [0, 0.05) is 5.75 Å². The van der Waals surface area contributed by atoms with Crippen LogP contribution in [0.25, 0.3) is 0 Å². The van der Waals surface area contributed by atoms with Gasteiger partial charge >= 0.3 is 5.97 Å². The molecule has 0 spiro atoms. The van der Waals surface area contributed by atoms with Gasteiger partial charge in [-0.25, -0.2) is 0 Å². The minimum absolute atomic E-state index is 0.107. The molecule has 0 aliphatic heterocycles. The Labute approximate surface area is 95.6 Å². The molecule has 0 aromatic heterocycles. The monoisotopic (exact) mass is 232 g/mol. The highest BCUT2D eigenvalue weighted by atomic mass is 32.2. The summed E-state index contributed by atoms with van der Waals surface area (Å²) in [7, 11) is 1.44. The van der Waals surface area contributed by atoms with Crippen LogP contribution in [0, 0.1) is 5.41 Å². The minimum atomic E-state index is -0.205. The van der Waals surface area contributed by atoms with E-state index >= 15 is 0 Å². The summed E-state index contributed by atoms with van der Waals surface area (Å²) < 4.78 is 4.68. The minimum Gasteiger partial charge on any atom is -0.469 e. The summed E-state index contributed by atoms with van der Waals surface area (Å²) in [4.78, 5) is 11.1. The molecule has 1 aliphatic carbocycles. The molecule has 1 unspecified atom stereocenters. The fraction of sp³-hybridized carbons (Fsp3) is 0.909. The van der Waals surface area contributed by atoms with E-state index in [9.17, 15) is 9.90 Å². The molecule has 1 atom stereocenters. The average molecular weight is 232 g/mol. The van der Waals surface area contributed by atoms with Crippen molar-refractivity contribution in [3.05, 3.63) is 0 Å². The van der Waals surface area contributed by atoms with Gasteiger partial charge in [-0.2, -0.15) is 11.8 Å². The number of esters is 1. The number of aliphatic hydroxyl groups excluding tert-OH is 1. The Balaban J connectivity index is 2.17. The molecule has 15 heavy (non-hydrogen) atoms. The third-order valence-electron chi connectivity index (χ3n) is 2.89. The van der Waals surface area contributed by atoms with Crippen LogP contribution in [-0.4, -0.2) is 35.8 Å². The maximum Gasteiger partial charge on any atom is 0.306 e. The zero-order valence-electron chi connectivity index (χ0n) is 9.49. The lowest BCUT2D eigenvalue weighted by atomic mass is 10.1. The van der Waals surface area contributed by atoms with E-state index in [2.05, 4.69) is 4.74 Å². The highest BCUT2D eigenvalue weighted by Gasteiger charge is 2.44. The molecule has 0 saturated heterocycles. The summed E-state index contributed by atoms with van der Waals surface area (Å²) in [6, 6.07) is 0. The van der Waals surface area contributed by atoms with Crippen LogP contribution in [0.15, 0.2) is 0 Å². The molecule has 1 saturated carbocycles. The van der Waals surface area contributed by atoms with E-state index in [0.29, 0.717) is 6.42 Å². The van der Waals surface area contributed by atoms with E-state index in [1.54, 1.807) is 11.8 Å². The van der Waals surface area contributed by atoms with Crippen molar-refractivity contribution in [1.82, 2.24) is 0 Å². The highest BCUT2D eigenvalue weighted by Crippen LogP contribution is 2.51. The molecule has 0 aromatic carbocycles. The van der Waals surface area contributed by atoms with Gasteiger partial charge in [0.1, 0.15) is 0 Å². The lowest BCUT2D eigenvalue weighted by Crippen LogP contribution is -2.15. The molecule has 1 rings (SSSR count). The summed E-state index contributed by atoms with van der Waals surface area (Å²) in [6.45, 7) is 1.98. The van der Waals surface area contributed by atoms with Crippen molar-refractivity contribution < 1.29 is 14.6 Å². The molecule has 0 aromatic rings. The summed E-state index contributed by atoms with van der Waals surface area (Å²) in [5, 5.41) is 9.39. The lowest BCUT2D eigenvalue weighted by Gasteiger charge is -2.14. The van der Waals surface area contributed by atoms with Crippen molar-refractivity contribution in [3.8, 4) is 0 Å². The topological polar surface area (TPSA) is 46.5 Å². The predicted molar refractivity (Wildman–Crippen MR) is 61.9 cm³/mol. The van der Waals surface area contributed by atoms with Crippen molar-refractivity contribution in [2.45, 2.75) is 38.7 Å². The summed E-state index contributed by atoms with van der Waals surface area (Å²) in [5.41, 5.74) is 0.186. The first kappa shape index (κ1) is 12.8. The van der Waals surface area contributed by atoms with Crippen molar-refractivity contribution in [3.63, 3.8) is 0 Å². The van der Waals surface area contributed by atoms with Crippen molar-refractivity contribution >= 4 is 17.7 Å². The van der Waals surface area contributed by atoms with Gasteiger partial charge in [-0.3, -0.25) is 4.79 Å². The second-order valence-electron chi connectivity index (χ2n) is 4.33. The summed E-state index contributed by atoms with van der Waals surface area (Å²) in [6.07, 6.45) is 3.38. The maximum absolute atomic E-state index is 11.1. The lowest BCUT2D eigenvalue weighted by molar-refractivity contribution is -0.141. The van der Waals surface area contributed by atoms with Gasteiger partial charge < -0.3 is 9.84 Å². The molecule has 3 nitrogen and oxygen atoms in total. The number of ether oxygens (including phenoxy) is 1. The van der Waals surface area contributed by atoms with Gasteiger partial charge in [0.05, 0.1) is 19.6 Å². The van der Waals surface area contributed by atoms with Crippen LogP contribution in [0.2, 0.25) is 0 Å². The van der Waals surface area contributed by atoms with Crippen LogP contribution in [0.3, 0.4) is 0 Å². The Bertz CT molecular complexity index is 214. The van der Waals surface area contributed by atoms with Crippen LogP contribution >= 0.6 is 11.8 Å². The Morgan fingerprint density at radius 2 is 2.27 bits per heavy atom. The molecular weight excluding hydrogens is 212 g/mol. The van der Waals surface area contributed by atoms with Crippen LogP contribution in [0.4, 0.5) is 0 Å². The van der Waals surface area contributed by atoms with Crippen LogP contribution < -0.4 is 0 Å². The molecule has 88 valence electrons. The van der Waals surface area contributed by atoms with Gasteiger partial charge in [0.2, 0.25) is 0 Å². The molecule has 1 N–H and O–H groups in total. The largest absolute Gasteiger partial charge is 0.469 e. The number of rotatable bonds is 7. The van der Waals surface area contributed by atoms with Crippen molar-refractivity contribution in [2.24, 2.45) is 5.41 Å². The molecule has 0 bridgehead atoms. The molecule has 0 heterocycles. The van der Waals surface area contributed by atoms with Gasteiger partial charge in [-0.1, -0.05) is 6.92 Å². The number of hydrogen-bond donors (Lipinski definition) is 1. The first-order valence-corrected chi connectivity index (χ1v) is 6.60. The Hall–Kier alpha value is -0.220. The molecule has 0 radical (unpaired) electrons. The number of hydrogen-bond acceptors (Lipinski definition) is 4. The number of methoxy groups -OCH3 is 1. The molecule has 4 heteroatoms. The summed E-state index contributed by atoms with van der Waals surface area (Å²) in [5.74, 6) is 1.64. The zero-order chi connectivity index (χ0) is 11.3. The van der Waals surface area contributed by atoms with Crippen LogP contribution in [-0.2, 0) is 9.53 Å². The Morgan fingerprint density at radius 1 is 1.60 bits per heavy atom. The number of thioether (sulfide) groups is 1. The number of carbonyl (C=O) groups is 1. The number of aliphatic hydroxyl groups is 1. The first-order valence-electron chi connectivity index (χ1n) is 5.44. The molecule has 1 fully saturated rings. The van der Waals surface area contributed by atoms with Gasteiger partial charge in [-0.15, -0.1) is 0 Å². The normalized spacial score (nSPS) is 19.7. The molecule has 0 amide bonds. The van der Waals surface area contributed by atoms with Gasteiger partial charge in [0.25, 0.3) is 0 Å². The van der Waals surface area contributed by atoms with Gasteiger partial charge in [-0.05, 0) is 30.4 Å². The van der Waals surface area contributed by atoms with Crippen molar-refractivity contribution in [2.75, 3.05) is 18.6 Å². The van der Waals surface area contributed by atoms with E-state index in [1.165, 1.54) is 7.11 Å². The Kier molecular flexibility index (Phi) is 4.93. The predicted octanol–water partition coefficient (Wildman–Crippen LogP) is 1.83. The summed E-state index contributed by atoms with van der Waals surface area (Å²) >= 11 is 1.75. The zero-order valence-corrected chi connectivity index (χ0v) is 10.3. The van der Waals surface area contributed by atoms with Crippen LogP contribution in [0.1, 0.15) is 32.6 Å². The van der Waals surface area contributed by atoms with E-state index < -0.39 is 0 Å². The standard InChI is InChI=1S/C11H20O3S/c1-3-9(12)7-15-8-11(4-5-11)6-10(13)14-2/h9,12H,3-8H2,1-2H3. The van der Waals surface area contributed by atoms with Crippen LogP contribution in [0.5, 0.6) is 0 Å². The fourth-order valence-corrected chi connectivity index (χ4v) is 2.91. The highest BCUT2D eigenvalue weighted by molar-refractivity contribution is 7.99. The smallest absolute Gasteiger partial charge is 0.306 e. The van der Waals surface area contributed by atoms with E-state index in [1.807, 2.05) is 6.92 Å². The molecule has 1 aliphatic rings. The van der Waals surface area contributed by atoms with Gasteiger partial charge in [0.15, 0.2) is 0 Å². The average Bonchev–Trinajstić information content (AvgIpc) is 2.97. The second-order valence-corrected chi connectivity index (χ2v) is 5.36. The maximum atomic E-state index is 11.1. The third-order valence-corrected chi connectivity index (χ3v) is 4.33. The van der Waals surface area contributed by atoms with E-state index in [4.69, 9.17) is 0 Å². The number of carbonyl (C=O) groups excluding carboxylic acids is 1. The van der Waals surface area contributed by atoms with Crippen molar-refractivity contribution in [1.29, 1.82) is 0 Å². The fourth-order valence-electron chi connectivity index (χ4n) is 1.46. The SMILES string of the molecule is CCC(O)CSCC1(CC(=O)OC)CC1. The van der Waals surface area contributed by atoms with E-state index in [0.717, 1.165) is 30.8 Å². The quantitative estimate of drug-likeness (QED) is 0.680. The third kappa shape index (κ3) is 4.43. The first-order chi connectivity index (χ1) is 7.12. The molecular formula is C11H20O3S. The Morgan fingerprint density at radius 3 is 2.73 bits per heavy atom. The van der Waals surface area contributed by atoms with E-state index in [-0.39, 0.29) is 17.5 Å².